The topological polar surface area (TPSA) is 66.5 Å². The first-order valence-corrected chi connectivity index (χ1v) is 11.4. The van der Waals surface area contributed by atoms with E-state index in [2.05, 4.69) is 5.32 Å². The standard InChI is InChI=1S/C23H23ClN2O3S/c1-3-25-23(27)21-6-4-5-7-22(21)26(16-18-10-12-19(24)13-11-18)30(28,29)20-14-8-17(2)9-15-20/h4-15H,3,16H2,1-2H3,(H,25,27). The summed E-state index contributed by atoms with van der Waals surface area (Å²) in [5.74, 6) is -0.326. The summed E-state index contributed by atoms with van der Waals surface area (Å²) >= 11 is 5.98. The highest BCUT2D eigenvalue weighted by molar-refractivity contribution is 7.92. The van der Waals surface area contributed by atoms with Gasteiger partial charge in [-0.2, -0.15) is 0 Å². The summed E-state index contributed by atoms with van der Waals surface area (Å²) in [6.07, 6.45) is 0. The summed E-state index contributed by atoms with van der Waals surface area (Å²) in [6, 6.07) is 20.3. The fourth-order valence-electron chi connectivity index (χ4n) is 3.03. The molecule has 0 radical (unpaired) electrons. The van der Waals surface area contributed by atoms with Gasteiger partial charge >= 0.3 is 0 Å². The van der Waals surface area contributed by atoms with Gasteiger partial charge in [0.2, 0.25) is 0 Å². The van der Waals surface area contributed by atoms with Crippen molar-refractivity contribution < 1.29 is 13.2 Å². The fourth-order valence-corrected chi connectivity index (χ4v) is 4.63. The summed E-state index contributed by atoms with van der Waals surface area (Å²) in [7, 11) is -3.93. The molecule has 5 nitrogen and oxygen atoms in total. The van der Waals surface area contributed by atoms with E-state index in [0.717, 1.165) is 11.1 Å². The highest BCUT2D eigenvalue weighted by atomic mass is 35.5. The molecule has 0 heterocycles. The molecular formula is C23H23ClN2O3S. The number of hydrogen-bond acceptors (Lipinski definition) is 3. The molecule has 3 aromatic rings. The third-order valence-electron chi connectivity index (χ3n) is 4.60. The molecule has 0 aliphatic heterocycles. The van der Waals surface area contributed by atoms with Crippen LogP contribution in [-0.2, 0) is 16.6 Å². The van der Waals surface area contributed by atoms with E-state index in [4.69, 9.17) is 11.6 Å². The Kier molecular flexibility index (Phi) is 6.80. The molecule has 0 aromatic heterocycles. The number of rotatable bonds is 7. The Balaban J connectivity index is 2.14. The summed E-state index contributed by atoms with van der Waals surface area (Å²) in [5.41, 5.74) is 2.32. The lowest BCUT2D eigenvalue weighted by atomic mass is 10.1. The number of hydrogen-bond donors (Lipinski definition) is 1. The molecule has 3 aromatic carbocycles. The number of para-hydroxylation sites is 1. The second-order valence-electron chi connectivity index (χ2n) is 6.83. The lowest BCUT2D eigenvalue weighted by molar-refractivity contribution is 0.0956. The predicted octanol–water partition coefficient (Wildman–Crippen LogP) is 4.79. The van der Waals surface area contributed by atoms with Crippen LogP contribution in [-0.4, -0.2) is 20.9 Å². The number of benzene rings is 3. The quantitative estimate of drug-likeness (QED) is 0.571. The zero-order valence-corrected chi connectivity index (χ0v) is 18.4. The number of anilines is 1. The van der Waals surface area contributed by atoms with E-state index in [0.29, 0.717) is 22.8 Å². The molecule has 0 aliphatic rings. The van der Waals surface area contributed by atoms with Crippen LogP contribution in [0.3, 0.4) is 0 Å². The molecule has 0 unspecified atom stereocenters. The maximum absolute atomic E-state index is 13.6. The van der Waals surface area contributed by atoms with E-state index < -0.39 is 10.0 Å². The summed E-state index contributed by atoms with van der Waals surface area (Å²) in [6.45, 7) is 4.21. The molecular weight excluding hydrogens is 420 g/mol. The number of nitrogens with one attached hydrogen (secondary N) is 1. The lowest BCUT2D eigenvalue weighted by Gasteiger charge is -2.26. The van der Waals surface area contributed by atoms with Crippen molar-refractivity contribution >= 4 is 33.2 Å². The molecule has 0 aliphatic carbocycles. The van der Waals surface area contributed by atoms with Gasteiger partial charge in [-0.3, -0.25) is 9.10 Å². The maximum atomic E-state index is 13.6. The minimum Gasteiger partial charge on any atom is -0.352 e. The average molecular weight is 443 g/mol. The van der Waals surface area contributed by atoms with Crippen LogP contribution in [0.2, 0.25) is 5.02 Å². The number of aryl methyl sites for hydroxylation is 1. The van der Waals surface area contributed by atoms with Gasteiger partial charge in [-0.15, -0.1) is 0 Å². The Morgan fingerprint density at radius 1 is 0.967 bits per heavy atom. The molecule has 0 atom stereocenters. The van der Waals surface area contributed by atoms with E-state index in [9.17, 15) is 13.2 Å². The average Bonchev–Trinajstić information content (AvgIpc) is 2.73. The molecule has 7 heteroatoms. The van der Waals surface area contributed by atoms with Crippen molar-refractivity contribution in [1.29, 1.82) is 0 Å². The smallest absolute Gasteiger partial charge is 0.264 e. The highest BCUT2D eigenvalue weighted by Crippen LogP contribution is 2.29. The Bertz CT molecular complexity index is 1130. The zero-order chi connectivity index (χ0) is 21.7. The molecule has 0 spiro atoms. The molecule has 156 valence electrons. The minimum absolute atomic E-state index is 0.0593. The van der Waals surface area contributed by atoms with E-state index in [-0.39, 0.29) is 17.3 Å². The monoisotopic (exact) mass is 442 g/mol. The fraction of sp³-hybridized carbons (Fsp3) is 0.174. The zero-order valence-electron chi connectivity index (χ0n) is 16.8. The van der Waals surface area contributed by atoms with Crippen molar-refractivity contribution in [1.82, 2.24) is 5.32 Å². The third kappa shape index (κ3) is 4.83. The number of amides is 1. The second-order valence-corrected chi connectivity index (χ2v) is 9.13. The number of nitrogens with zero attached hydrogens (tertiary/aromatic N) is 1. The molecule has 1 amide bonds. The van der Waals surface area contributed by atoms with Crippen molar-refractivity contribution in [3.63, 3.8) is 0 Å². The van der Waals surface area contributed by atoms with Crippen LogP contribution < -0.4 is 9.62 Å². The number of carbonyl (C=O) groups excluding carboxylic acids is 1. The minimum atomic E-state index is -3.93. The Hall–Kier alpha value is -2.83. The first-order chi connectivity index (χ1) is 14.3. The largest absolute Gasteiger partial charge is 0.352 e. The van der Waals surface area contributed by atoms with Crippen LogP contribution in [0.4, 0.5) is 5.69 Å². The van der Waals surface area contributed by atoms with Crippen molar-refractivity contribution in [3.05, 3.63) is 94.5 Å². The molecule has 30 heavy (non-hydrogen) atoms. The number of carbonyl (C=O) groups is 1. The van der Waals surface area contributed by atoms with Crippen LogP contribution in [0.5, 0.6) is 0 Å². The van der Waals surface area contributed by atoms with E-state index in [1.165, 1.54) is 4.31 Å². The summed E-state index contributed by atoms with van der Waals surface area (Å²) < 4.78 is 28.5. The number of halogens is 1. The van der Waals surface area contributed by atoms with Gasteiger partial charge in [0.1, 0.15) is 0 Å². The van der Waals surface area contributed by atoms with Crippen LogP contribution in [0, 0.1) is 6.92 Å². The summed E-state index contributed by atoms with van der Waals surface area (Å²) in [4.78, 5) is 12.8. The first-order valence-electron chi connectivity index (χ1n) is 9.54. The van der Waals surface area contributed by atoms with E-state index in [1.54, 1.807) is 72.8 Å². The molecule has 1 N–H and O–H groups in total. The number of sulfonamides is 1. The van der Waals surface area contributed by atoms with E-state index in [1.807, 2.05) is 13.8 Å². The lowest BCUT2D eigenvalue weighted by Crippen LogP contribution is -2.33. The van der Waals surface area contributed by atoms with E-state index >= 15 is 0 Å². The van der Waals surface area contributed by atoms with Gasteiger partial charge in [-0.05, 0) is 55.8 Å². The van der Waals surface area contributed by atoms with Crippen LogP contribution in [0.25, 0.3) is 0 Å². The van der Waals surface area contributed by atoms with Gasteiger partial charge < -0.3 is 5.32 Å². The third-order valence-corrected chi connectivity index (χ3v) is 6.63. The van der Waals surface area contributed by atoms with Gasteiger partial charge in [-0.25, -0.2) is 8.42 Å². The van der Waals surface area contributed by atoms with Gasteiger partial charge in [0.25, 0.3) is 15.9 Å². The molecule has 0 saturated carbocycles. The summed E-state index contributed by atoms with van der Waals surface area (Å²) in [5, 5.41) is 3.31. The highest BCUT2D eigenvalue weighted by Gasteiger charge is 2.28. The Morgan fingerprint density at radius 3 is 2.23 bits per heavy atom. The van der Waals surface area contributed by atoms with Crippen molar-refractivity contribution in [2.24, 2.45) is 0 Å². The van der Waals surface area contributed by atoms with Crippen molar-refractivity contribution in [3.8, 4) is 0 Å². The maximum Gasteiger partial charge on any atom is 0.264 e. The van der Waals surface area contributed by atoms with Crippen molar-refractivity contribution in [2.45, 2.75) is 25.3 Å². The van der Waals surface area contributed by atoms with Gasteiger partial charge in [0.15, 0.2) is 0 Å². The first kappa shape index (κ1) is 21.9. The molecule has 0 bridgehead atoms. The van der Waals surface area contributed by atoms with Gasteiger partial charge in [0.05, 0.1) is 22.7 Å². The van der Waals surface area contributed by atoms with Crippen molar-refractivity contribution in [2.75, 3.05) is 10.8 Å². The van der Waals surface area contributed by atoms with Crippen LogP contribution in [0.15, 0.2) is 77.7 Å². The van der Waals surface area contributed by atoms with Crippen LogP contribution >= 0.6 is 11.6 Å². The van der Waals surface area contributed by atoms with Gasteiger partial charge in [-0.1, -0.05) is 53.6 Å². The Morgan fingerprint density at radius 2 is 1.60 bits per heavy atom. The van der Waals surface area contributed by atoms with Crippen LogP contribution in [0.1, 0.15) is 28.4 Å². The van der Waals surface area contributed by atoms with Gasteiger partial charge in [0, 0.05) is 11.6 Å². The second kappa shape index (κ2) is 9.32. The molecule has 0 saturated heterocycles. The molecule has 0 fully saturated rings. The normalized spacial score (nSPS) is 11.2. The SMILES string of the molecule is CCNC(=O)c1ccccc1N(Cc1ccc(Cl)cc1)S(=O)(=O)c1ccc(C)cc1. The molecule has 3 rings (SSSR count). The predicted molar refractivity (Wildman–Crippen MR) is 120 cm³/mol. The Labute approximate surface area is 182 Å².